The van der Waals surface area contributed by atoms with E-state index in [1.165, 1.54) is 17.6 Å². The molecule has 0 aliphatic heterocycles. The smallest absolute Gasteiger partial charge is 0.283 e. The van der Waals surface area contributed by atoms with E-state index >= 15 is 0 Å². The third-order valence-electron chi connectivity index (χ3n) is 3.89. The predicted molar refractivity (Wildman–Crippen MR) is 106 cm³/mol. The molecule has 1 amide bonds. The highest BCUT2D eigenvalue weighted by atomic mass is 35.5. The van der Waals surface area contributed by atoms with Crippen LogP contribution >= 0.6 is 22.9 Å². The molecular weight excluding hydrogens is 370 g/mol. The van der Waals surface area contributed by atoms with E-state index in [0.29, 0.717) is 15.5 Å². The van der Waals surface area contributed by atoms with Gasteiger partial charge in [0.15, 0.2) is 0 Å². The highest BCUT2D eigenvalue weighted by molar-refractivity contribution is 7.21. The van der Waals surface area contributed by atoms with Crippen LogP contribution in [-0.2, 0) is 0 Å². The Morgan fingerprint density at radius 1 is 1.15 bits per heavy atom. The highest BCUT2D eigenvalue weighted by Crippen LogP contribution is 2.34. The lowest BCUT2D eigenvalue weighted by Crippen LogP contribution is -2.18. The lowest BCUT2D eigenvalue weighted by atomic mass is 10.2. The average molecular weight is 382 g/mol. The molecule has 2 aromatic heterocycles. The topological polar surface area (TPSA) is 74.3 Å². The van der Waals surface area contributed by atoms with Crippen LogP contribution in [0.4, 0.5) is 0 Å². The molecule has 0 unspecified atom stereocenters. The molecule has 2 heterocycles. The summed E-state index contributed by atoms with van der Waals surface area (Å²) in [6.45, 7) is 0. The van der Waals surface area contributed by atoms with Crippen molar-refractivity contribution in [3.8, 4) is 0 Å². The van der Waals surface area contributed by atoms with Crippen LogP contribution in [0.1, 0.15) is 15.2 Å². The van der Waals surface area contributed by atoms with Crippen LogP contribution < -0.4 is 11.0 Å². The number of aromatic nitrogens is 1. The van der Waals surface area contributed by atoms with Crippen molar-refractivity contribution in [1.82, 2.24) is 10.4 Å². The van der Waals surface area contributed by atoms with Gasteiger partial charge in [0.2, 0.25) is 0 Å². The van der Waals surface area contributed by atoms with Gasteiger partial charge in [-0.1, -0.05) is 48.0 Å². The van der Waals surface area contributed by atoms with Gasteiger partial charge in [-0.3, -0.25) is 9.59 Å². The molecule has 0 saturated carbocycles. The molecular formula is C19H12ClN3O2S. The molecule has 0 atom stereocenters. The molecule has 5 nitrogen and oxygen atoms in total. The maximum absolute atomic E-state index is 12.3. The zero-order valence-electron chi connectivity index (χ0n) is 13.3. The van der Waals surface area contributed by atoms with Crippen molar-refractivity contribution in [1.29, 1.82) is 0 Å². The number of pyridine rings is 1. The Balaban J connectivity index is 1.58. The van der Waals surface area contributed by atoms with Crippen LogP contribution in [0.2, 0.25) is 5.02 Å². The largest absolute Gasteiger partial charge is 0.321 e. The van der Waals surface area contributed by atoms with E-state index in [1.807, 2.05) is 48.5 Å². The number of carbonyl (C=O) groups excluding carboxylic acids is 1. The second-order valence-corrected chi connectivity index (χ2v) is 7.01. The first-order chi connectivity index (χ1) is 12.6. The van der Waals surface area contributed by atoms with E-state index in [9.17, 15) is 9.59 Å². The zero-order chi connectivity index (χ0) is 18.1. The first kappa shape index (κ1) is 16.5. The van der Waals surface area contributed by atoms with Crippen molar-refractivity contribution in [2.75, 3.05) is 0 Å². The number of nitrogens with one attached hydrogen (secondary N) is 2. The molecule has 26 heavy (non-hydrogen) atoms. The molecule has 0 radical (unpaired) electrons. The number of aromatic amines is 1. The van der Waals surface area contributed by atoms with Gasteiger partial charge in [0, 0.05) is 15.6 Å². The predicted octanol–water partition coefficient (Wildman–Crippen LogP) is 4.16. The number of hydrogen-bond acceptors (Lipinski definition) is 4. The standard InChI is InChI=1S/C19H12ClN3O2S/c20-16-13-6-2-4-8-15(13)26-17(16)19(25)23-21-10-12-9-11-5-1-3-7-14(11)22-18(12)24/h1-10H,(H,22,24)(H,23,25)/b21-10+. The van der Waals surface area contributed by atoms with Gasteiger partial charge in [0.05, 0.1) is 16.8 Å². The molecule has 4 aromatic rings. The lowest BCUT2D eigenvalue weighted by Gasteiger charge is -1.99. The fourth-order valence-electron chi connectivity index (χ4n) is 2.63. The van der Waals surface area contributed by atoms with Crippen LogP contribution in [0.25, 0.3) is 21.0 Å². The van der Waals surface area contributed by atoms with Gasteiger partial charge < -0.3 is 4.98 Å². The van der Waals surface area contributed by atoms with E-state index in [1.54, 1.807) is 6.07 Å². The maximum Gasteiger partial charge on any atom is 0.283 e. The minimum Gasteiger partial charge on any atom is -0.321 e. The number of thiophene rings is 1. The third-order valence-corrected chi connectivity index (χ3v) is 5.57. The number of hydrogen-bond donors (Lipinski definition) is 2. The van der Waals surface area contributed by atoms with E-state index < -0.39 is 5.91 Å². The molecule has 7 heteroatoms. The van der Waals surface area contributed by atoms with Crippen molar-refractivity contribution in [2.45, 2.75) is 0 Å². The van der Waals surface area contributed by atoms with Crippen molar-refractivity contribution in [3.05, 3.63) is 80.4 Å². The van der Waals surface area contributed by atoms with Gasteiger partial charge in [-0.25, -0.2) is 5.43 Å². The Hall–Kier alpha value is -2.96. The molecule has 2 N–H and O–H groups in total. The van der Waals surface area contributed by atoms with Gasteiger partial charge in [-0.15, -0.1) is 11.3 Å². The van der Waals surface area contributed by atoms with Crippen LogP contribution in [0.5, 0.6) is 0 Å². The Labute approximate surface area is 156 Å². The van der Waals surface area contributed by atoms with Crippen LogP contribution in [-0.4, -0.2) is 17.1 Å². The number of carbonyl (C=O) groups is 1. The number of halogens is 1. The summed E-state index contributed by atoms with van der Waals surface area (Å²) in [5, 5.41) is 6.02. The van der Waals surface area contributed by atoms with Gasteiger partial charge >= 0.3 is 0 Å². The molecule has 4 rings (SSSR count). The second-order valence-electron chi connectivity index (χ2n) is 5.58. The number of rotatable bonds is 3. The minimum absolute atomic E-state index is 0.276. The summed E-state index contributed by atoms with van der Waals surface area (Å²) in [4.78, 5) is 27.6. The molecule has 0 aliphatic rings. The number of amides is 1. The molecule has 0 bridgehead atoms. The molecule has 0 aliphatic carbocycles. The summed E-state index contributed by atoms with van der Waals surface area (Å²) in [7, 11) is 0. The SMILES string of the molecule is O=C(N/N=C/c1cc2ccccc2[nH]c1=O)c1sc2ccccc2c1Cl. The van der Waals surface area contributed by atoms with E-state index in [-0.39, 0.29) is 5.56 Å². The Morgan fingerprint density at radius 2 is 1.92 bits per heavy atom. The van der Waals surface area contributed by atoms with Gasteiger partial charge in [-0.05, 0) is 23.6 Å². The molecule has 2 aromatic carbocycles. The van der Waals surface area contributed by atoms with Crippen LogP contribution in [0.15, 0.2) is 64.5 Å². The van der Waals surface area contributed by atoms with Crippen LogP contribution in [0, 0.1) is 0 Å². The Morgan fingerprint density at radius 3 is 2.77 bits per heavy atom. The Bertz CT molecular complexity index is 1230. The zero-order valence-corrected chi connectivity index (χ0v) is 14.9. The first-order valence-corrected chi connectivity index (χ1v) is 8.95. The van der Waals surface area contributed by atoms with Crippen LogP contribution in [0.3, 0.4) is 0 Å². The summed E-state index contributed by atoms with van der Waals surface area (Å²) < 4.78 is 0.928. The quantitative estimate of drug-likeness (QED) is 0.413. The van der Waals surface area contributed by atoms with Gasteiger partial charge in [0.1, 0.15) is 4.88 Å². The fraction of sp³-hybridized carbons (Fsp3) is 0. The molecule has 0 fully saturated rings. The van der Waals surface area contributed by atoms with Crippen molar-refractivity contribution >= 4 is 56.0 Å². The molecule has 0 spiro atoms. The van der Waals surface area contributed by atoms with E-state index in [0.717, 1.165) is 21.0 Å². The summed E-state index contributed by atoms with van der Waals surface area (Å²) in [6, 6.07) is 16.7. The lowest BCUT2D eigenvalue weighted by molar-refractivity contribution is 0.0959. The second kappa shape index (κ2) is 6.74. The first-order valence-electron chi connectivity index (χ1n) is 7.76. The number of fused-ring (bicyclic) bond motifs is 2. The molecule has 0 saturated heterocycles. The number of nitrogens with zero attached hydrogens (tertiary/aromatic N) is 1. The normalized spacial score (nSPS) is 11.4. The Kier molecular flexibility index (Phi) is 4.28. The van der Waals surface area contributed by atoms with E-state index in [4.69, 9.17) is 11.6 Å². The van der Waals surface area contributed by atoms with E-state index in [2.05, 4.69) is 15.5 Å². The summed E-state index contributed by atoms with van der Waals surface area (Å²) in [5.41, 5.74) is 3.25. The highest BCUT2D eigenvalue weighted by Gasteiger charge is 2.16. The van der Waals surface area contributed by atoms with Crippen molar-refractivity contribution in [3.63, 3.8) is 0 Å². The molecule has 128 valence electrons. The maximum atomic E-state index is 12.3. The summed E-state index contributed by atoms with van der Waals surface area (Å²) in [5.74, 6) is -0.412. The monoisotopic (exact) mass is 381 g/mol. The number of H-pyrrole nitrogens is 1. The van der Waals surface area contributed by atoms with Gasteiger partial charge in [-0.2, -0.15) is 5.10 Å². The number of benzene rings is 2. The number of para-hydroxylation sites is 1. The van der Waals surface area contributed by atoms with Crippen molar-refractivity contribution < 1.29 is 4.79 Å². The minimum atomic E-state index is -0.412. The van der Waals surface area contributed by atoms with Gasteiger partial charge in [0.25, 0.3) is 11.5 Å². The summed E-state index contributed by atoms with van der Waals surface area (Å²) in [6.07, 6.45) is 1.32. The average Bonchev–Trinajstić information content (AvgIpc) is 2.99. The number of hydrazone groups is 1. The third kappa shape index (κ3) is 3.00. The summed E-state index contributed by atoms with van der Waals surface area (Å²) >= 11 is 7.58. The van der Waals surface area contributed by atoms with Crippen molar-refractivity contribution in [2.24, 2.45) is 5.10 Å². The fourth-order valence-corrected chi connectivity index (χ4v) is 4.04.